The molecule has 2 unspecified atom stereocenters. The van der Waals surface area contributed by atoms with Gasteiger partial charge in [0.1, 0.15) is 0 Å². The Bertz CT molecular complexity index is 192. The molecule has 0 aliphatic carbocycles. The molecule has 0 heterocycles. The van der Waals surface area contributed by atoms with Crippen molar-refractivity contribution >= 4 is 5.91 Å². The molecule has 0 saturated heterocycles. The number of hydrogen-bond donors (Lipinski definition) is 3. The molecule has 0 aliphatic heterocycles. The smallest absolute Gasteiger partial charge is 0.220 e. The third kappa shape index (κ3) is 9.12. The number of carbonyl (C=O) groups excluding carboxylic acids is 1. The largest absolute Gasteiger partial charge is 0.391 e. The predicted octanol–water partition coefficient (Wildman–Crippen LogP) is 1.42. The molecule has 0 aromatic carbocycles. The van der Waals surface area contributed by atoms with Crippen LogP contribution >= 0.6 is 0 Å². The molecule has 0 rings (SSSR count). The lowest BCUT2D eigenvalue weighted by atomic mass is 9.94. The molecule has 0 saturated carbocycles. The molecule has 17 heavy (non-hydrogen) atoms. The zero-order chi connectivity index (χ0) is 13.1. The third-order valence-corrected chi connectivity index (χ3v) is 3.06. The molecule has 0 bridgehead atoms. The van der Waals surface area contributed by atoms with E-state index in [1.54, 1.807) is 0 Å². The maximum absolute atomic E-state index is 11.5. The van der Waals surface area contributed by atoms with Gasteiger partial charge in [-0.15, -0.1) is 0 Å². The minimum Gasteiger partial charge on any atom is -0.391 e. The lowest BCUT2D eigenvalue weighted by Gasteiger charge is -2.15. The molecule has 0 radical (unpaired) electrons. The maximum Gasteiger partial charge on any atom is 0.220 e. The molecule has 0 fully saturated rings. The van der Waals surface area contributed by atoms with Crippen molar-refractivity contribution in [2.45, 2.75) is 58.5 Å². The van der Waals surface area contributed by atoms with Gasteiger partial charge in [-0.25, -0.2) is 0 Å². The minimum absolute atomic E-state index is 0.0376. The number of nitrogens with one attached hydrogen (secondary N) is 1. The second-order valence-corrected chi connectivity index (χ2v) is 4.64. The molecular formula is C13H28N2O2. The SMILES string of the molecule is CCCC(CCN)CCC(=O)NCC(O)CC. The Morgan fingerprint density at radius 3 is 2.53 bits per heavy atom. The van der Waals surface area contributed by atoms with Crippen LogP contribution < -0.4 is 11.1 Å². The Morgan fingerprint density at radius 2 is 2.00 bits per heavy atom. The minimum atomic E-state index is -0.422. The predicted molar refractivity (Wildman–Crippen MR) is 70.6 cm³/mol. The summed E-state index contributed by atoms with van der Waals surface area (Å²) in [6.07, 6.45) is 4.97. The van der Waals surface area contributed by atoms with Gasteiger partial charge in [-0.1, -0.05) is 26.7 Å². The summed E-state index contributed by atoms with van der Waals surface area (Å²) in [7, 11) is 0. The number of rotatable bonds is 10. The van der Waals surface area contributed by atoms with Crippen molar-refractivity contribution in [2.75, 3.05) is 13.1 Å². The summed E-state index contributed by atoms with van der Waals surface area (Å²) in [4.78, 5) is 11.5. The van der Waals surface area contributed by atoms with Crippen molar-refractivity contribution in [3.63, 3.8) is 0 Å². The highest BCUT2D eigenvalue weighted by Crippen LogP contribution is 2.16. The molecule has 1 amide bonds. The second kappa shape index (κ2) is 10.5. The topological polar surface area (TPSA) is 75.4 Å². The van der Waals surface area contributed by atoms with Gasteiger partial charge >= 0.3 is 0 Å². The first-order chi connectivity index (χ1) is 8.13. The van der Waals surface area contributed by atoms with Gasteiger partial charge in [-0.3, -0.25) is 4.79 Å². The second-order valence-electron chi connectivity index (χ2n) is 4.64. The fourth-order valence-electron chi connectivity index (χ4n) is 1.88. The first-order valence-electron chi connectivity index (χ1n) is 6.78. The monoisotopic (exact) mass is 244 g/mol. The van der Waals surface area contributed by atoms with E-state index in [4.69, 9.17) is 5.73 Å². The van der Waals surface area contributed by atoms with E-state index in [0.717, 1.165) is 25.7 Å². The highest BCUT2D eigenvalue weighted by Gasteiger charge is 2.10. The molecule has 0 aliphatic rings. The average Bonchev–Trinajstić information content (AvgIpc) is 2.33. The molecule has 4 heteroatoms. The Balaban J connectivity index is 3.71. The summed E-state index contributed by atoms with van der Waals surface area (Å²) < 4.78 is 0. The standard InChI is InChI=1S/C13H28N2O2/c1-3-5-11(8-9-14)6-7-13(17)15-10-12(16)4-2/h11-12,16H,3-10,14H2,1-2H3,(H,15,17). The number of amides is 1. The Morgan fingerprint density at radius 1 is 1.29 bits per heavy atom. The number of carbonyl (C=O) groups is 1. The van der Waals surface area contributed by atoms with Crippen LogP contribution in [-0.4, -0.2) is 30.2 Å². The van der Waals surface area contributed by atoms with E-state index in [9.17, 15) is 9.90 Å². The van der Waals surface area contributed by atoms with E-state index in [1.807, 2.05) is 6.92 Å². The van der Waals surface area contributed by atoms with Crippen molar-refractivity contribution in [3.8, 4) is 0 Å². The number of hydrogen-bond acceptors (Lipinski definition) is 3. The van der Waals surface area contributed by atoms with Crippen molar-refractivity contribution in [1.82, 2.24) is 5.32 Å². The van der Waals surface area contributed by atoms with Gasteiger partial charge in [-0.2, -0.15) is 0 Å². The van der Waals surface area contributed by atoms with E-state index in [0.29, 0.717) is 31.8 Å². The summed E-state index contributed by atoms with van der Waals surface area (Å²) in [5.74, 6) is 0.600. The van der Waals surface area contributed by atoms with Crippen molar-refractivity contribution in [2.24, 2.45) is 11.7 Å². The average molecular weight is 244 g/mol. The zero-order valence-electron chi connectivity index (χ0n) is 11.2. The van der Waals surface area contributed by atoms with Gasteiger partial charge in [0.25, 0.3) is 0 Å². The Labute approximate surface area is 105 Å². The lowest BCUT2D eigenvalue weighted by molar-refractivity contribution is -0.121. The van der Waals surface area contributed by atoms with Crippen LogP contribution in [0.3, 0.4) is 0 Å². The van der Waals surface area contributed by atoms with Crippen LogP contribution in [0.15, 0.2) is 0 Å². The summed E-state index contributed by atoms with van der Waals surface area (Å²) in [6.45, 7) is 5.11. The number of aliphatic hydroxyl groups is 1. The Kier molecular flexibility index (Phi) is 10.2. The van der Waals surface area contributed by atoms with E-state index in [2.05, 4.69) is 12.2 Å². The molecule has 4 nitrogen and oxygen atoms in total. The quantitative estimate of drug-likeness (QED) is 0.544. The van der Waals surface area contributed by atoms with Crippen LogP contribution in [0.25, 0.3) is 0 Å². The van der Waals surface area contributed by atoms with Crippen LogP contribution in [0.4, 0.5) is 0 Å². The maximum atomic E-state index is 11.5. The molecule has 4 N–H and O–H groups in total. The van der Waals surface area contributed by atoms with Gasteiger partial charge < -0.3 is 16.2 Å². The van der Waals surface area contributed by atoms with Crippen molar-refractivity contribution in [1.29, 1.82) is 0 Å². The van der Waals surface area contributed by atoms with Crippen LogP contribution in [0.1, 0.15) is 52.4 Å². The Hall–Kier alpha value is -0.610. The van der Waals surface area contributed by atoms with Gasteiger partial charge in [0.05, 0.1) is 6.10 Å². The van der Waals surface area contributed by atoms with Gasteiger partial charge in [0, 0.05) is 13.0 Å². The highest BCUT2D eigenvalue weighted by atomic mass is 16.3. The normalized spacial score (nSPS) is 14.4. The van der Waals surface area contributed by atoms with Crippen LogP contribution in [0.5, 0.6) is 0 Å². The van der Waals surface area contributed by atoms with Gasteiger partial charge in [0.15, 0.2) is 0 Å². The molecule has 0 aromatic rings. The van der Waals surface area contributed by atoms with Crippen molar-refractivity contribution in [3.05, 3.63) is 0 Å². The van der Waals surface area contributed by atoms with E-state index < -0.39 is 6.10 Å². The summed E-state index contributed by atoms with van der Waals surface area (Å²) in [5, 5.41) is 12.1. The van der Waals surface area contributed by atoms with E-state index in [1.165, 1.54) is 0 Å². The summed E-state index contributed by atoms with van der Waals surface area (Å²) >= 11 is 0. The zero-order valence-corrected chi connectivity index (χ0v) is 11.2. The fourth-order valence-corrected chi connectivity index (χ4v) is 1.88. The van der Waals surface area contributed by atoms with Gasteiger partial charge in [0.2, 0.25) is 5.91 Å². The van der Waals surface area contributed by atoms with E-state index >= 15 is 0 Å². The molecular weight excluding hydrogens is 216 g/mol. The van der Waals surface area contributed by atoms with Crippen LogP contribution in [0.2, 0.25) is 0 Å². The number of aliphatic hydroxyl groups excluding tert-OH is 1. The molecule has 2 atom stereocenters. The fraction of sp³-hybridized carbons (Fsp3) is 0.923. The van der Waals surface area contributed by atoms with E-state index in [-0.39, 0.29) is 5.91 Å². The molecule has 0 aromatic heterocycles. The van der Waals surface area contributed by atoms with Gasteiger partial charge in [-0.05, 0) is 31.7 Å². The highest BCUT2D eigenvalue weighted by molar-refractivity contribution is 5.75. The van der Waals surface area contributed by atoms with Crippen molar-refractivity contribution < 1.29 is 9.90 Å². The lowest BCUT2D eigenvalue weighted by Crippen LogP contribution is -2.31. The first kappa shape index (κ1) is 16.4. The molecule has 0 spiro atoms. The van der Waals surface area contributed by atoms with Crippen LogP contribution in [-0.2, 0) is 4.79 Å². The number of nitrogens with two attached hydrogens (primary N) is 1. The summed E-state index contributed by atoms with van der Waals surface area (Å²) in [5.41, 5.74) is 5.55. The summed E-state index contributed by atoms with van der Waals surface area (Å²) in [6, 6.07) is 0. The first-order valence-corrected chi connectivity index (χ1v) is 6.78. The van der Waals surface area contributed by atoms with Crippen LogP contribution in [0, 0.1) is 5.92 Å². The molecule has 102 valence electrons. The third-order valence-electron chi connectivity index (χ3n) is 3.06.